The molecular formula is C30H29ClFN3O2. The minimum atomic E-state index is -0.245. The van der Waals surface area contributed by atoms with E-state index < -0.39 is 0 Å². The molecule has 37 heavy (non-hydrogen) atoms. The first-order valence-electron chi connectivity index (χ1n) is 12.7. The fourth-order valence-corrected chi connectivity index (χ4v) is 5.62. The van der Waals surface area contributed by atoms with E-state index in [9.17, 15) is 4.39 Å². The molecule has 0 radical (unpaired) electrons. The van der Waals surface area contributed by atoms with E-state index in [0.717, 1.165) is 81.8 Å². The van der Waals surface area contributed by atoms with Crippen LogP contribution >= 0.6 is 11.6 Å². The Hall–Kier alpha value is -3.35. The number of allylic oxidation sites excluding steroid dienone is 6. The van der Waals surface area contributed by atoms with Crippen molar-refractivity contribution in [2.24, 2.45) is 5.92 Å². The molecule has 0 N–H and O–H groups in total. The molecule has 0 amide bonds. The molecule has 1 saturated heterocycles. The molecule has 190 valence electrons. The van der Waals surface area contributed by atoms with Gasteiger partial charge in [0, 0.05) is 61.0 Å². The van der Waals surface area contributed by atoms with Crippen LogP contribution < -0.4 is 9.47 Å². The molecule has 0 spiro atoms. The largest absolute Gasteiger partial charge is 0.497 e. The lowest BCUT2D eigenvalue weighted by Crippen LogP contribution is -2.46. The van der Waals surface area contributed by atoms with Gasteiger partial charge in [0.05, 0.1) is 26.1 Å². The summed E-state index contributed by atoms with van der Waals surface area (Å²) in [6, 6.07) is 10.2. The maximum Gasteiger partial charge on any atom is 0.137 e. The number of fused-ring (bicyclic) bond motifs is 2. The average Bonchev–Trinajstić information content (AvgIpc) is 3.03. The number of pyridine rings is 1. The molecule has 0 bridgehead atoms. The molecule has 4 heterocycles. The molecular weight excluding hydrogens is 489 g/mol. The maximum absolute atomic E-state index is 12.8. The van der Waals surface area contributed by atoms with Gasteiger partial charge >= 0.3 is 0 Å². The SMILES string of the molecule is COc1ccc2c(c1)OCCC(C1=CC=CCC=C1Cl)=C2c1ccn2cc(CN3CC(CF)C3)nc2c1. The van der Waals surface area contributed by atoms with Crippen LogP contribution in [-0.2, 0) is 6.54 Å². The van der Waals surface area contributed by atoms with E-state index in [2.05, 4.69) is 59.8 Å². The van der Waals surface area contributed by atoms with Crippen molar-refractivity contribution in [1.82, 2.24) is 14.3 Å². The lowest BCUT2D eigenvalue weighted by atomic mass is 9.88. The van der Waals surface area contributed by atoms with Crippen LogP contribution in [0.4, 0.5) is 4.39 Å². The number of imidazole rings is 1. The van der Waals surface area contributed by atoms with Crippen molar-refractivity contribution in [2.45, 2.75) is 19.4 Å². The van der Waals surface area contributed by atoms with Crippen LogP contribution in [-0.4, -0.2) is 47.8 Å². The molecule has 3 aromatic rings. The maximum atomic E-state index is 12.8. The van der Waals surface area contributed by atoms with Crippen LogP contribution in [0.5, 0.6) is 11.5 Å². The Bertz CT molecular complexity index is 1460. The fourth-order valence-electron chi connectivity index (χ4n) is 5.35. The van der Waals surface area contributed by atoms with Crippen molar-refractivity contribution in [3.8, 4) is 11.5 Å². The van der Waals surface area contributed by atoms with Gasteiger partial charge in [-0.05, 0) is 53.0 Å². The first-order chi connectivity index (χ1) is 18.1. The Morgan fingerprint density at radius 3 is 2.95 bits per heavy atom. The number of benzene rings is 1. The van der Waals surface area contributed by atoms with Gasteiger partial charge in [0.2, 0.25) is 0 Å². The Morgan fingerprint density at radius 1 is 1.22 bits per heavy atom. The summed E-state index contributed by atoms with van der Waals surface area (Å²) in [5, 5.41) is 0.750. The van der Waals surface area contributed by atoms with Gasteiger partial charge in [-0.2, -0.15) is 0 Å². The number of aromatic nitrogens is 2. The first-order valence-corrected chi connectivity index (χ1v) is 13.0. The van der Waals surface area contributed by atoms with Crippen LogP contribution in [0.15, 0.2) is 83.2 Å². The van der Waals surface area contributed by atoms with Crippen LogP contribution in [0.1, 0.15) is 29.7 Å². The highest BCUT2D eigenvalue weighted by Crippen LogP contribution is 2.43. The average molecular weight is 518 g/mol. The monoisotopic (exact) mass is 517 g/mol. The summed E-state index contributed by atoms with van der Waals surface area (Å²) in [7, 11) is 1.66. The second-order valence-electron chi connectivity index (χ2n) is 9.74. The smallest absolute Gasteiger partial charge is 0.137 e. The van der Waals surface area contributed by atoms with E-state index in [0.29, 0.717) is 13.0 Å². The molecule has 0 atom stereocenters. The summed E-state index contributed by atoms with van der Waals surface area (Å²) in [5.41, 5.74) is 7.16. The van der Waals surface area contributed by atoms with Crippen molar-refractivity contribution in [1.29, 1.82) is 0 Å². The number of alkyl halides is 1. The van der Waals surface area contributed by atoms with Crippen molar-refractivity contribution in [3.05, 3.63) is 100 Å². The van der Waals surface area contributed by atoms with Crippen molar-refractivity contribution < 1.29 is 13.9 Å². The summed E-state index contributed by atoms with van der Waals surface area (Å²) in [5.74, 6) is 1.71. The second-order valence-corrected chi connectivity index (χ2v) is 10.1. The quantitative estimate of drug-likeness (QED) is 0.382. The van der Waals surface area contributed by atoms with Gasteiger partial charge in [0.1, 0.15) is 17.1 Å². The fraction of sp³-hybridized carbons (Fsp3) is 0.300. The highest BCUT2D eigenvalue weighted by molar-refractivity contribution is 6.32. The summed E-state index contributed by atoms with van der Waals surface area (Å²) in [6.07, 6.45) is 14.0. The van der Waals surface area contributed by atoms with E-state index >= 15 is 0 Å². The van der Waals surface area contributed by atoms with Gasteiger partial charge in [0.25, 0.3) is 0 Å². The lowest BCUT2D eigenvalue weighted by Gasteiger charge is -2.37. The number of hydrogen-bond donors (Lipinski definition) is 0. The van der Waals surface area contributed by atoms with E-state index in [1.54, 1.807) is 7.11 Å². The predicted molar refractivity (Wildman–Crippen MR) is 145 cm³/mol. The molecule has 6 rings (SSSR count). The van der Waals surface area contributed by atoms with Crippen LogP contribution in [0.3, 0.4) is 0 Å². The lowest BCUT2D eigenvalue weighted by molar-refractivity contribution is 0.0727. The number of ether oxygens (including phenoxy) is 2. The van der Waals surface area contributed by atoms with Gasteiger partial charge in [-0.25, -0.2) is 4.98 Å². The number of methoxy groups -OCH3 is 1. The van der Waals surface area contributed by atoms with Crippen molar-refractivity contribution >= 4 is 22.8 Å². The summed E-state index contributed by atoms with van der Waals surface area (Å²) in [4.78, 5) is 7.14. The molecule has 7 heteroatoms. The number of hydrogen-bond acceptors (Lipinski definition) is 4. The number of likely N-dealkylation sites (tertiary alicyclic amines) is 1. The summed E-state index contributed by atoms with van der Waals surface area (Å²) in [6.45, 7) is 2.62. The molecule has 0 saturated carbocycles. The minimum absolute atomic E-state index is 0.166. The van der Waals surface area contributed by atoms with Gasteiger partial charge in [-0.15, -0.1) is 0 Å². The van der Waals surface area contributed by atoms with Crippen molar-refractivity contribution in [3.63, 3.8) is 0 Å². The standard InChI is InChI=1S/C30H29ClFN3O2/c1-36-23-7-8-26-28(14-23)37-12-10-25(24-5-3-2-4-6-27(24)31)30(26)21-9-11-35-19-22(33-29(35)13-21)18-34-16-20(15-32)17-34/h2-3,5-9,11,13-14,19-20H,4,10,12,15-18H2,1H3. The van der Waals surface area contributed by atoms with Crippen LogP contribution in [0.2, 0.25) is 0 Å². The Balaban J connectivity index is 1.46. The summed E-state index contributed by atoms with van der Waals surface area (Å²) < 4.78 is 26.6. The van der Waals surface area contributed by atoms with Crippen LogP contribution in [0.25, 0.3) is 11.2 Å². The van der Waals surface area contributed by atoms with E-state index in [4.69, 9.17) is 26.1 Å². The summed E-state index contributed by atoms with van der Waals surface area (Å²) >= 11 is 6.80. The molecule has 1 fully saturated rings. The van der Waals surface area contributed by atoms with E-state index in [-0.39, 0.29) is 12.6 Å². The predicted octanol–water partition coefficient (Wildman–Crippen LogP) is 6.34. The third-order valence-corrected chi connectivity index (χ3v) is 7.58. The van der Waals surface area contributed by atoms with Gasteiger partial charge in [-0.1, -0.05) is 35.9 Å². The number of rotatable bonds is 6. The zero-order valence-corrected chi connectivity index (χ0v) is 21.5. The molecule has 3 aliphatic rings. The molecule has 2 aliphatic heterocycles. The van der Waals surface area contributed by atoms with E-state index in [1.807, 2.05) is 16.5 Å². The van der Waals surface area contributed by atoms with Crippen LogP contribution in [0, 0.1) is 5.92 Å². The third-order valence-electron chi connectivity index (χ3n) is 7.22. The van der Waals surface area contributed by atoms with E-state index in [1.165, 1.54) is 0 Å². The molecule has 1 aromatic carbocycles. The Morgan fingerprint density at radius 2 is 2.11 bits per heavy atom. The normalized spacial score (nSPS) is 18.5. The number of nitrogens with zero attached hydrogens (tertiary/aromatic N) is 3. The van der Waals surface area contributed by atoms with Gasteiger partial charge < -0.3 is 13.9 Å². The zero-order chi connectivity index (χ0) is 25.4. The Labute approximate surface area is 221 Å². The molecule has 1 aliphatic carbocycles. The second kappa shape index (κ2) is 10.2. The zero-order valence-electron chi connectivity index (χ0n) is 20.8. The first kappa shape index (κ1) is 24.0. The van der Waals surface area contributed by atoms with Crippen molar-refractivity contribution in [2.75, 3.05) is 33.5 Å². The molecule has 2 aromatic heterocycles. The highest BCUT2D eigenvalue weighted by atomic mass is 35.5. The topological polar surface area (TPSA) is 39.0 Å². The third kappa shape index (κ3) is 4.72. The Kier molecular flexibility index (Phi) is 6.61. The molecule has 5 nitrogen and oxygen atoms in total. The van der Waals surface area contributed by atoms with Gasteiger partial charge in [-0.3, -0.25) is 9.29 Å². The minimum Gasteiger partial charge on any atom is -0.497 e. The highest BCUT2D eigenvalue weighted by Gasteiger charge is 2.27. The molecule has 0 unspecified atom stereocenters. The van der Waals surface area contributed by atoms with Gasteiger partial charge in [0.15, 0.2) is 0 Å². The number of halogens is 2.